The van der Waals surface area contributed by atoms with Crippen LogP contribution in [0.1, 0.15) is 17.9 Å². The molecule has 1 aliphatic carbocycles. The Labute approximate surface area is 112 Å². The molecule has 2 aromatic rings. The van der Waals surface area contributed by atoms with Gasteiger partial charge >= 0.3 is 32.7 Å². The Bertz CT molecular complexity index is 494. The third-order valence-corrected chi connectivity index (χ3v) is 2.75. The number of hydrogen-bond acceptors (Lipinski definition) is 3. The minimum atomic E-state index is 0. The molecule has 3 rings (SSSR count). The van der Waals surface area contributed by atoms with Crippen molar-refractivity contribution in [3.8, 4) is 0 Å². The van der Waals surface area contributed by atoms with Gasteiger partial charge in [0.25, 0.3) is 0 Å². The molecule has 4 heteroatoms. The Kier molecular flexibility index (Phi) is 3.03. The third kappa shape index (κ3) is 1.79. The van der Waals surface area contributed by atoms with Crippen molar-refractivity contribution in [1.82, 2.24) is 4.98 Å². The maximum atomic E-state index is 10.6. The fourth-order valence-electron chi connectivity index (χ4n) is 1.87. The fourth-order valence-corrected chi connectivity index (χ4v) is 1.87. The van der Waals surface area contributed by atoms with Gasteiger partial charge in [0.1, 0.15) is 12.7 Å². The maximum Gasteiger partial charge on any atom is 3.00 e. The number of fused-ring (bicyclic) bond motifs is 1. The summed E-state index contributed by atoms with van der Waals surface area (Å²) in [6.45, 7) is 0. The van der Waals surface area contributed by atoms with Gasteiger partial charge in [-0.1, -0.05) is 17.7 Å². The van der Waals surface area contributed by atoms with E-state index in [1.165, 1.54) is 0 Å². The largest absolute Gasteiger partial charge is 3.00 e. The van der Waals surface area contributed by atoms with Crippen LogP contribution in [-0.2, 0) is 37.5 Å². The van der Waals surface area contributed by atoms with Gasteiger partial charge in [0, 0.05) is 5.92 Å². The van der Waals surface area contributed by atoms with E-state index in [1.54, 1.807) is 0 Å². The number of aromatic nitrogens is 1. The SMILES string of the molecule is O=CC1CC1c1cccc2n[c-]oc12.[Y+3]. The van der Waals surface area contributed by atoms with Crippen molar-refractivity contribution >= 4 is 17.4 Å². The molecule has 2 unspecified atom stereocenters. The molecule has 0 bridgehead atoms. The quantitative estimate of drug-likeness (QED) is 0.621. The monoisotopic (exact) mass is 275 g/mol. The first-order valence-corrected chi connectivity index (χ1v) is 4.61. The third-order valence-electron chi connectivity index (χ3n) is 2.75. The molecule has 1 aliphatic rings. The molecule has 1 saturated carbocycles. The zero-order valence-electron chi connectivity index (χ0n) is 8.01. The fraction of sp³-hybridized carbons (Fsp3) is 0.273. The van der Waals surface area contributed by atoms with Crippen molar-refractivity contribution in [3.05, 3.63) is 30.2 Å². The number of carbonyl (C=O) groups is 1. The van der Waals surface area contributed by atoms with Gasteiger partial charge in [-0.3, -0.25) is 0 Å². The first-order valence-electron chi connectivity index (χ1n) is 4.61. The van der Waals surface area contributed by atoms with Crippen molar-refractivity contribution in [1.29, 1.82) is 0 Å². The summed E-state index contributed by atoms with van der Waals surface area (Å²) in [6, 6.07) is 5.82. The predicted octanol–water partition coefficient (Wildman–Crippen LogP) is 1.93. The minimum Gasteiger partial charge on any atom is -0.573 e. The van der Waals surface area contributed by atoms with E-state index in [4.69, 9.17) is 4.42 Å². The van der Waals surface area contributed by atoms with Gasteiger partial charge < -0.3 is 14.2 Å². The molecule has 1 aromatic heterocycles. The first-order chi connectivity index (χ1) is 6.90. The van der Waals surface area contributed by atoms with Crippen molar-refractivity contribution in [3.63, 3.8) is 0 Å². The molecule has 0 spiro atoms. The van der Waals surface area contributed by atoms with Crippen molar-refractivity contribution < 1.29 is 41.9 Å². The van der Waals surface area contributed by atoms with Crippen LogP contribution in [0.3, 0.4) is 0 Å². The number of para-hydroxylation sites is 1. The van der Waals surface area contributed by atoms with Crippen LogP contribution in [0.15, 0.2) is 22.6 Å². The molecular formula is C11H8NO2Y+2. The zero-order chi connectivity index (χ0) is 9.54. The van der Waals surface area contributed by atoms with E-state index in [-0.39, 0.29) is 38.6 Å². The van der Waals surface area contributed by atoms with E-state index in [2.05, 4.69) is 11.4 Å². The number of nitrogens with zero attached hydrogens (tertiary/aromatic N) is 1. The average molecular weight is 275 g/mol. The topological polar surface area (TPSA) is 43.1 Å². The first kappa shape index (κ1) is 11.0. The Balaban J connectivity index is 0.000000853. The second kappa shape index (κ2) is 4.14. The molecule has 3 nitrogen and oxygen atoms in total. The predicted molar refractivity (Wildman–Crippen MR) is 49.8 cm³/mol. The van der Waals surface area contributed by atoms with Crippen molar-refractivity contribution in [2.45, 2.75) is 12.3 Å². The summed E-state index contributed by atoms with van der Waals surface area (Å²) >= 11 is 0. The molecule has 1 heterocycles. The molecular weight excluding hydrogens is 267 g/mol. The second-order valence-corrected chi connectivity index (χ2v) is 3.64. The molecule has 0 N–H and O–H groups in total. The summed E-state index contributed by atoms with van der Waals surface area (Å²) in [4.78, 5) is 14.5. The van der Waals surface area contributed by atoms with Gasteiger partial charge in [-0.05, 0) is 23.4 Å². The number of oxazole rings is 1. The van der Waals surface area contributed by atoms with Crippen LogP contribution in [-0.4, -0.2) is 11.3 Å². The molecule has 1 fully saturated rings. The van der Waals surface area contributed by atoms with Gasteiger partial charge in [0.05, 0.1) is 0 Å². The van der Waals surface area contributed by atoms with E-state index in [1.807, 2.05) is 18.2 Å². The van der Waals surface area contributed by atoms with E-state index < -0.39 is 0 Å². The normalized spacial score (nSPS) is 23.5. The Morgan fingerprint density at radius 3 is 3.13 bits per heavy atom. The molecule has 2 atom stereocenters. The number of hydrogen-bond donors (Lipinski definition) is 0. The van der Waals surface area contributed by atoms with Gasteiger partial charge in [-0.25, -0.2) is 0 Å². The van der Waals surface area contributed by atoms with E-state index in [9.17, 15) is 4.79 Å². The van der Waals surface area contributed by atoms with Crippen molar-refractivity contribution in [2.24, 2.45) is 5.92 Å². The van der Waals surface area contributed by atoms with Gasteiger partial charge in [0.15, 0.2) is 0 Å². The summed E-state index contributed by atoms with van der Waals surface area (Å²) in [7, 11) is 0. The molecule has 15 heavy (non-hydrogen) atoms. The smallest absolute Gasteiger partial charge is 0.573 e. The van der Waals surface area contributed by atoms with E-state index in [0.717, 1.165) is 29.4 Å². The van der Waals surface area contributed by atoms with Crippen LogP contribution >= 0.6 is 0 Å². The molecule has 1 aromatic carbocycles. The number of benzene rings is 1. The summed E-state index contributed by atoms with van der Waals surface area (Å²) < 4.78 is 5.19. The minimum absolute atomic E-state index is 0. The average Bonchev–Trinajstić information content (AvgIpc) is 2.85. The van der Waals surface area contributed by atoms with Crippen LogP contribution in [0, 0.1) is 12.3 Å². The van der Waals surface area contributed by atoms with E-state index >= 15 is 0 Å². The summed E-state index contributed by atoms with van der Waals surface area (Å²) in [5.74, 6) is 0.503. The van der Waals surface area contributed by atoms with Gasteiger partial charge in [0.2, 0.25) is 0 Å². The number of aldehydes is 1. The standard InChI is InChI=1S/C11H8NO2.Y/c13-5-7-4-9(7)8-2-1-3-10-11(8)14-6-12-10;/h1-3,5,7,9H,4H2;/q-1;+3. The van der Waals surface area contributed by atoms with E-state index in [0.29, 0.717) is 5.92 Å². The molecule has 0 saturated heterocycles. The molecule has 70 valence electrons. The second-order valence-electron chi connectivity index (χ2n) is 3.64. The van der Waals surface area contributed by atoms with Gasteiger partial charge in [-0.15, -0.1) is 6.07 Å². The molecule has 0 aliphatic heterocycles. The molecule has 0 radical (unpaired) electrons. The molecule has 0 amide bonds. The Morgan fingerprint density at radius 1 is 1.53 bits per heavy atom. The van der Waals surface area contributed by atoms with Crippen LogP contribution in [0.5, 0.6) is 0 Å². The van der Waals surface area contributed by atoms with Crippen LogP contribution < -0.4 is 0 Å². The number of carbonyl (C=O) groups excluding carboxylic acids is 1. The Morgan fingerprint density at radius 2 is 2.40 bits per heavy atom. The van der Waals surface area contributed by atoms with Crippen LogP contribution in [0.2, 0.25) is 0 Å². The van der Waals surface area contributed by atoms with Crippen LogP contribution in [0.4, 0.5) is 0 Å². The summed E-state index contributed by atoms with van der Waals surface area (Å²) in [6.07, 6.45) is 4.43. The van der Waals surface area contributed by atoms with Crippen molar-refractivity contribution in [2.75, 3.05) is 0 Å². The van der Waals surface area contributed by atoms with Gasteiger partial charge in [-0.2, -0.15) is 0 Å². The van der Waals surface area contributed by atoms with Crippen LogP contribution in [0.25, 0.3) is 11.1 Å². The summed E-state index contributed by atoms with van der Waals surface area (Å²) in [5.41, 5.74) is 2.69. The summed E-state index contributed by atoms with van der Waals surface area (Å²) in [5, 5.41) is 0. The zero-order valence-corrected chi connectivity index (χ0v) is 10.9. The number of rotatable bonds is 2. The maximum absolute atomic E-state index is 10.6. The Hall–Kier alpha value is -0.536.